The van der Waals surface area contributed by atoms with E-state index in [1.54, 1.807) is 0 Å². The second-order valence-electron chi connectivity index (χ2n) is 7.98. The van der Waals surface area contributed by atoms with Crippen LogP contribution in [-0.4, -0.2) is 28.8 Å². The average Bonchev–Trinajstić information content (AvgIpc) is 3.15. The van der Waals surface area contributed by atoms with E-state index in [1.807, 2.05) is 29.4 Å². The summed E-state index contributed by atoms with van der Waals surface area (Å²) in [6.07, 6.45) is 7.25. The molecular formula is C23H21N5O. The summed E-state index contributed by atoms with van der Waals surface area (Å²) in [4.78, 5) is 26.8. The molecule has 2 amide bonds. The topological polar surface area (TPSA) is 73.4 Å². The first-order chi connectivity index (χ1) is 14.3. The van der Waals surface area contributed by atoms with Gasteiger partial charge in [0.05, 0.1) is 11.7 Å². The maximum atomic E-state index is 12.6. The van der Waals surface area contributed by atoms with Crippen molar-refractivity contribution in [1.82, 2.24) is 15.3 Å². The molecule has 144 valence electrons. The SMILES string of the molecule is O=C1NCC(c2ccc(-c3ncc(C4CC4)[nH]3)cc2)N1c1ccc2c(c1)N=CC2. The number of fused-ring (bicyclic) bond motifs is 1. The van der Waals surface area contributed by atoms with Crippen molar-refractivity contribution in [2.24, 2.45) is 4.99 Å². The van der Waals surface area contributed by atoms with E-state index in [9.17, 15) is 4.79 Å². The summed E-state index contributed by atoms with van der Waals surface area (Å²) in [7, 11) is 0. The molecule has 1 saturated carbocycles. The van der Waals surface area contributed by atoms with Gasteiger partial charge in [0.15, 0.2) is 0 Å². The van der Waals surface area contributed by atoms with Crippen LogP contribution in [0.25, 0.3) is 11.4 Å². The Morgan fingerprint density at radius 3 is 2.76 bits per heavy atom. The number of benzene rings is 2. The number of carbonyl (C=O) groups is 1. The lowest BCUT2D eigenvalue weighted by molar-refractivity contribution is 0.251. The van der Waals surface area contributed by atoms with Crippen molar-refractivity contribution < 1.29 is 4.79 Å². The number of nitrogens with one attached hydrogen (secondary N) is 2. The Morgan fingerprint density at radius 1 is 1.07 bits per heavy atom. The molecule has 1 atom stereocenters. The molecule has 29 heavy (non-hydrogen) atoms. The molecule has 1 aliphatic carbocycles. The standard InChI is InChI=1S/C23H21N5O/c29-23-26-13-21(28(23)18-8-7-15-9-10-24-19(15)11-18)16-3-5-17(6-4-16)22-25-12-20(27-22)14-1-2-14/h3-8,10-12,14,21H,1-2,9,13H2,(H,25,27)(H,26,29). The molecule has 1 saturated heterocycles. The molecule has 6 heteroatoms. The first kappa shape index (κ1) is 16.5. The zero-order valence-corrected chi connectivity index (χ0v) is 15.9. The van der Waals surface area contributed by atoms with Crippen molar-refractivity contribution in [3.05, 3.63) is 65.5 Å². The van der Waals surface area contributed by atoms with Crippen LogP contribution in [0.4, 0.5) is 16.2 Å². The van der Waals surface area contributed by atoms with Crippen LogP contribution in [0.3, 0.4) is 0 Å². The summed E-state index contributed by atoms with van der Waals surface area (Å²) >= 11 is 0. The first-order valence-electron chi connectivity index (χ1n) is 10.1. The number of carbonyl (C=O) groups excluding carboxylic acids is 1. The van der Waals surface area contributed by atoms with Gasteiger partial charge in [-0.3, -0.25) is 9.89 Å². The number of hydrogen-bond acceptors (Lipinski definition) is 3. The van der Waals surface area contributed by atoms with E-state index in [0.29, 0.717) is 12.5 Å². The molecule has 3 aliphatic rings. The van der Waals surface area contributed by atoms with Crippen LogP contribution in [0.15, 0.2) is 53.7 Å². The Morgan fingerprint density at radius 2 is 1.93 bits per heavy atom. The minimum atomic E-state index is -0.0684. The lowest BCUT2D eigenvalue weighted by Gasteiger charge is -2.24. The molecule has 6 rings (SSSR count). The Hall–Kier alpha value is -3.41. The molecule has 2 aromatic carbocycles. The zero-order chi connectivity index (χ0) is 19.4. The third-order valence-corrected chi connectivity index (χ3v) is 6.05. The highest BCUT2D eigenvalue weighted by atomic mass is 16.2. The molecule has 0 radical (unpaired) electrons. The van der Waals surface area contributed by atoms with Crippen LogP contribution in [0.5, 0.6) is 0 Å². The van der Waals surface area contributed by atoms with Crippen LogP contribution in [0, 0.1) is 0 Å². The minimum absolute atomic E-state index is 0.0430. The fourth-order valence-electron chi connectivity index (χ4n) is 4.25. The number of imidazole rings is 1. The van der Waals surface area contributed by atoms with Crippen molar-refractivity contribution in [3.8, 4) is 11.4 Å². The van der Waals surface area contributed by atoms with E-state index < -0.39 is 0 Å². The number of anilines is 1. The molecule has 0 bridgehead atoms. The van der Waals surface area contributed by atoms with Crippen molar-refractivity contribution >= 4 is 23.6 Å². The van der Waals surface area contributed by atoms with Gasteiger partial charge in [0, 0.05) is 48.2 Å². The zero-order valence-electron chi connectivity index (χ0n) is 15.9. The van der Waals surface area contributed by atoms with Crippen LogP contribution >= 0.6 is 0 Å². The number of urea groups is 1. The normalized spacial score (nSPS) is 20.2. The Kier molecular flexibility index (Phi) is 3.59. The van der Waals surface area contributed by atoms with E-state index in [-0.39, 0.29) is 12.1 Å². The predicted octanol–water partition coefficient (Wildman–Crippen LogP) is 4.48. The number of nitrogens with zero attached hydrogens (tertiary/aromatic N) is 3. The van der Waals surface area contributed by atoms with Gasteiger partial charge in [0.25, 0.3) is 0 Å². The summed E-state index contributed by atoms with van der Waals surface area (Å²) in [6, 6.07) is 14.3. The van der Waals surface area contributed by atoms with Gasteiger partial charge in [0.2, 0.25) is 0 Å². The van der Waals surface area contributed by atoms with Gasteiger partial charge in [0.1, 0.15) is 5.82 Å². The third kappa shape index (κ3) is 2.83. The van der Waals surface area contributed by atoms with Gasteiger partial charge in [-0.2, -0.15) is 0 Å². The Balaban J connectivity index is 1.29. The molecular weight excluding hydrogens is 362 g/mol. The lowest BCUT2D eigenvalue weighted by Crippen LogP contribution is -2.29. The molecule has 3 heterocycles. The van der Waals surface area contributed by atoms with Crippen molar-refractivity contribution in [1.29, 1.82) is 0 Å². The Bertz CT molecular complexity index is 1130. The van der Waals surface area contributed by atoms with Crippen molar-refractivity contribution in [2.75, 3.05) is 11.4 Å². The fraction of sp³-hybridized carbons (Fsp3) is 0.261. The van der Waals surface area contributed by atoms with E-state index in [0.717, 1.165) is 34.7 Å². The van der Waals surface area contributed by atoms with Gasteiger partial charge in [-0.05, 0) is 36.1 Å². The van der Waals surface area contributed by atoms with Crippen LogP contribution in [0.2, 0.25) is 0 Å². The number of aromatic nitrogens is 2. The number of rotatable bonds is 4. The first-order valence-corrected chi connectivity index (χ1v) is 10.1. The second kappa shape index (κ2) is 6.30. The molecule has 2 N–H and O–H groups in total. The maximum Gasteiger partial charge on any atom is 0.322 e. The summed E-state index contributed by atoms with van der Waals surface area (Å²) in [5.74, 6) is 1.57. The molecule has 6 nitrogen and oxygen atoms in total. The predicted molar refractivity (Wildman–Crippen MR) is 113 cm³/mol. The quantitative estimate of drug-likeness (QED) is 0.697. The van der Waals surface area contributed by atoms with Crippen LogP contribution in [0.1, 0.15) is 41.6 Å². The molecule has 0 spiro atoms. The summed E-state index contributed by atoms with van der Waals surface area (Å²) < 4.78 is 0. The number of aliphatic imine (C=N–C) groups is 1. The molecule has 1 aromatic heterocycles. The smallest absolute Gasteiger partial charge is 0.322 e. The minimum Gasteiger partial charge on any atom is -0.342 e. The monoisotopic (exact) mass is 383 g/mol. The van der Waals surface area contributed by atoms with E-state index in [2.05, 4.69) is 50.6 Å². The van der Waals surface area contributed by atoms with E-state index in [4.69, 9.17) is 0 Å². The third-order valence-electron chi connectivity index (χ3n) is 6.05. The highest BCUT2D eigenvalue weighted by Gasteiger charge is 2.33. The maximum absolute atomic E-state index is 12.6. The Labute approximate surface area is 168 Å². The summed E-state index contributed by atoms with van der Waals surface area (Å²) in [5, 5.41) is 2.98. The molecule has 3 aromatic rings. The number of H-pyrrole nitrogens is 1. The molecule has 2 fully saturated rings. The van der Waals surface area contributed by atoms with Gasteiger partial charge >= 0.3 is 6.03 Å². The average molecular weight is 383 g/mol. The van der Waals surface area contributed by atoms with Crippen molar-refractivity contribution in [3.63, 3.8) is 0 Å². The van der Waals surface area contributed by atoms with Gasteiger partial charge in [-0.25, -0.2) is 9.78 Å². The van der Waals surface area contributed by atoms with Crippen LogP contribution < -0.4 is 10.2 Å². The van der Waals surface area contributed by atoms with Gasteiger partial charge < -0.3 is 10.3 Å². The van der Waals surface area contributed by atoms with Crippen molar-refractivity contribution in [2.45, 2.75) is 31.2 Å². The highest BCUT2D eigenvalue weighted by Crippen LogP contribution is 2.40. The van der Waals surface area contributed by atoms with Gasteiger partial charge in [-0.15, -0.1) is 0 Å². The molecule has 1 unspecified atom stereocenters. The number of hydrogen-bond donors (Lipinski definition) is 2. The number of aromatic amines is 1. The van der Waals surface area contributed by atoms with E-state index in [1.165, 1.54) is 24.1 Å². The second-order valence-corrected chi connectivity index (χ2v) is 7.98. The largest absolute Gasteiger partial charge is 0.342 e. The summed E-state index contributed by atoms with van der Waals surface area (Å²) in [6.45, 7) is 0.588. The highest BCUT2D eigenvalue weighted by molar-refractivity contribution is 5.96. The summed E-state index contributed by atoms with van der Waals surface area (Å²) in [5.41, 5.74) is 6.45. The number of amides is 2. The van der Waals surface area contributed by atoms with E-state index >= 15 is 0 Å². The van der Waals surface area contributed by atoms with Gasteiger partial charge in [-0.1, -0.05) is 30.3 Å². The van der Waals surface area contributed by atoms with Crippen LogP contribution in [-0.2, 0) is 6.42 Å². The lowest BCUT2D eigenvalue weighted by atomic mass is 10.0. The molecule has 2 aliphatic heterocycles. The fourth-order valence-corrected chi connectivity index (χ4v) is 4.25.